The van der Waals surface area contributed by atoms with Gasteiger partial charge in [-0.15, -0.1) is 0 Å². The number of benzene rings is 2. The molecule has 86 valence electrons. The second-order valence-electron chi connectivity index (χ2n) is 2.87. The van der Waals surface area contributed by atoms with Crippen molar-refractivity contribution in [3.05, 3.63) is 47.5 Å². The van der Waals surface area contributed by atoms with Crippen LogP contribution >= 0.6 is 22.3 Å². The van der Waals surface area contributed by atoms with Crippen molar-refractivity contribution in [2.75, 3.05) is 0 Å². The predicted molar refractivity (Wildman–Crippen MR) is 66.4 cm³/mol. The molecule has 6 heteroatoms. The van der Waals surface area contributed by atoms with Gasteiger partial charge in [0.2, 0.25) is 0 Å². The second kappa shape index (κ2) is 5.50. The lowest BCUT2D eigenvalue weighted by Crippen LogP contribution is -1.77. The van der Waals surface area contributed by atoms with Crippen molar-refractivity contribution in [2.24, 2.45) is 0 Å². The van der Waals surface area contributed by atoms with Crippen molar-refractivity contribution in [3.63, 3.8) is 0 Å². The Balaban J connectivity index is 0.000000221. The van der Waals surface area contributed by atoms with Gasteiger partial charge in [0.1, 0.15) is 0 Å². The van der Waals surface area contributed by atoms with E-state index in [1.54, 1.807) is 0 Å². The number of hydrogen-bond donors (Lipinski definition) is 1. The summed E-state index contributed by atoms with van der Waals surface area (Å²) < 4.78 is 25.2. The van der Waals surface area contributed by atoms with Crippen LogP contribution in [0.25, 0.3) is 10.8 Å². The van der Waals surface area contributed by atoms with Crippen molar-refractivity contribution in [3.8, 4) is 0 Å². The van der Waals surface area contributed by atoms with E-state index in [0.717, 1.165) is 10.4 Å². The van der Waals surface area contributed by atoms with Crippen LogP contribution < -0.4 is 0 Å². The van der Waals surface area contributed by atoms with Crippen LogP contribution in [-0.2, 0) is 9.33 Å². The highest BCUT2D eigenvalue weighted by atomic mass is 35.7. The molecule has 0 unspecified atom stereocenters. The Bertz CT molecular complexity index is 568. The molecular weight excluding hydrogens is 271 g/mol. The number of halogens is 2. The van der Waals surface area contributed by atoms with Gasteiger partial charge < -0.3 is 0 Å². The molecule has 0 aromatic heterocycles. The maximum atomic E-state index is 8.95. The van der Waals surface area contributed by atoms with Crippen molar-refractivity contribution in [2.45, 2.75) is 0 Å². The van der Waals surface area contributed by atoms with Gasteiger partial charge in [0.15, 0.2) is 0 Å². The van der Waals surface area contributed by atoms with E-state index in [2.05, 4.69) is 22.8 Å². The summed E-state index contributed by atoms with van der Waals surface area (Å²) >= 11 is 5.96. The summed E-state index contributed by atoms with van der Waals surface area (Å²) in [5.41, 5.74) is 0. The van der Waals surface area contributed by atoms with Gasteiger partial charge in [-0.2, -0.15) is 8.42 Å². The van der Waals surface area contributed by atoms with E-state index < -0.39 is 9.33 Å². The average molecular weight is 279 g/mol. The van der Waals surface area contributed by atoms with Crippen LogP contribution in [0.5, 0.6) is 0 Å². The van der Waals surface area contributed by atoms with Crippen LogP contribution in [0.4, 0.5) is 0 Å². The van der Waals surface area contributed by atoms with Gasteiger partial charge in [-0.3, -0.25) is 4.55 Å². The molecule has 0 spiro atoms. The fourth-order valence-electron chi connectivity index (χ4n) is 1.19. The monoisotopic (exact) mass is 278 g/mol. The van der Waals surface area contributed by atoms with E-state index in [9.17, 15) is 0 Å². The first-order valence-corrected chi connectivity index (χ1v) is 6.82. The second-order valence-corrected chi connectivity index (χ2v) is 5.27. The van der Waals surface area contributed by atoms with Crippen molar-refractivity contribution >= 4 is 42.4 Å². The third-order valence-electron chi connectivity index (χ3n) is 1.74. The van der Waals surface area contributed by atoms with Crippen LogP contribution in [0, 0.1) is 0 Å². The van der Waals surface area contributed by atoms with E-state index in [1.807, 2.05) is 30.3 Å². The molecule has 0 aliphatic carbocycles. The lowest BCUT2D eigenvalue weighted by Gasteiger charge is -1.97. The van der Waals surface area contributed by atoms with Crippen LogP contribution in [0.3, 0.4) is 0 Å². The molecule has 0 amide bonds. The Hall–Kier alpha value is -0.810. The standard InChI is InChI=1S/C10H7Cl.ClHO3S/c11-10-7-3-5-8-4-1-2-6-9(8)10;1-5(2,3)4/h1-7H;(H,2,3,4). The van der Waals surface area contributed by atoms with Gasteiger partial charge in [-0.25, -0.2) is 0 Å². The smallest absolute Gasteiger partial charge is 0.273 e. The van der Waals surface area contributed by atoms with Gasteiger partial charge in [0, 0.05) is 21.1 Å². The Morgan fingerprint density at radius 1 is 1.00 bits per heavy atom. The molecule has 0 aliphatic heterocycles. The van der Waals surface area contributed by atoms with E-state index >= 15 is 0 Å². The third-order valence-corrected chi connectivity index (χ3v) is 2.07. The molecule has 0 fully saturated rings. The van der Waals surface area contributed by atoms with Gasteiger partial charge in [-0.05, 0) is 11.5 Å². The predicted octanol–water partition coefficient (Wildman–Crippen LogP) is 3.52. The zero-order valence-corrected chi connectivity index (χ0v) is 10.3. The highest BCUT2D eigenvalue weighted by molar-refractivity contribution is 8.09. The van der Waals surface area contributed by atoms with Crippen molar-refractivity contribution in [1.82, 2.24) is 0 Å². The van der Waals surface area contributed by atoms with E-state index in [4.69, 9.17) is 24.6 Å². The minimum atomic E-state index is -4.19. The maximum Gasteiger partial charge on any atom is 0.353 e. The lowest BCUT2D eigenvalue weighted by atomic mass is 10.1. The van der Waals surface area contributed by atoms with Crippen molar-refractivity contribution < 1.29 is 13.0 Å². The molecule has 0 radical (unpaired) electrons. The molecule has 0 heterocycles. The topological polar surface area (TPSA) is 54.4 Å². The van der Waals surface area contributed by atoms with Gasteiger partial charge in [0.25, 0.3) is 0 Å². The number of rotatable bonds is 0. The van der Waals surface area contributed by atoms with Crippen LogP contribution in [0.1, 0.15) is 0 Å². The minimum Gasteiger partial charge on any atom is -0.273 e. The first-order valence-electron chi connectivity index (χ1n) is 4.18. The van der Waals surface area contributed by atoms with Gasteiger partial charge >= 0.3 is 9.33 Å². The molecule has 0 aliphatic rings. The van der Waals surface area contributed by atoms with Crippen molar-refractivity contribution in [1.29, 1.82) is 0 Å². The molecule has 16 heavy (non-hydrogen) atoms. The Morgan fingerprint density at radius 3 is 2.06 bits per heavy atom. The average Bonchev–Trinajstić information content (AvgIpc) is 2.16. The molecule has 0 saturated carbocycles. The number of hydrogen-bond acceptors (Lipinski definition) is 2. The summed E-state index contributed by atoms with van der Waals surface area (Å²) in [5.74, 6) is 0. The Morgan fingerprint density at radius 2 is 1.50 bits per heavy atom. The quantitative estimate of drug-likeness (QED) is 0.593. The molecule has 2 aromatic carbocycles. The SMILES string of the molecule is Clc1cccc2ccccc12.O=S(=O)(O)Cl. The molecule has 2 aromatic rings. The fourth-order valence-corrected chi connectivity index (χ4v) is 1.43. The Kier molecular flexibility index (Phi) is 4.56. The minimum absolute atomic E-state index is 0.822. The van der Waals surface area contributed by atoms with E-state index in [0.29, 0.717) is 0 Å². The van der Waals surface area contributed by atoms with Gasteiger partial charge in [-0.1, -0.05) is 48.0 Å². The first-order chi connectivity index (χ1) is 7.38. The van der Waals surface area contributed by atoms with E-state index in [-0.39, 0.29) is 0 Å². The summed E-state index contributed by atoms with van der Waals surface area (Å²) in [6.45, 7) is 0. The fraction of sp³-hybridized carbons (Fsp3) is 0. The van der Waals surface area contributed by atoms with Gasteiger partial charge in [0.05, 0.1) is 0 Å². The largest absolute Gasteiger partial charge is 0.353 e. The molecule has 0 atom stereocenters. The lowest BCUT2D eigenvalue weighted by molar-refractivity contribution is 0.501. The molecule has 1 N–H and O–H groups in total. The van der Waals surface area contributed by atoms with Crippen LogP contribution in [0.2, 0.25) is 5.02 Å². The number of fused-ring (bicyclic) bond motifs is 1. The summed E-state index contributed by atoms with van der Waals surface area (Å²) in [7, 11) is -0.137. The molecule has 0 saturated heterocycles. The summed E-state index contributed by atoms with van der Waals surface area (Å²) in [5, 5.41) is 3.14. The first kappa shape index (κ1) is 13.3. The summed E-state index contributed by atoms with van der Waals surface area (Å²) in [4.78, 5) is 0. The maximum absolute atomic E-state index is 8.95. The summed E-state index contributed by atoms with van der Waals surface area (Å²) in [6.07, 6.45) is 0. The highest BCUT2D eigenvalue weighted by Gasteiger charge is 1.93. The normalized spacial score (nSPS) is 10.7. The zero-order valence-electron chi connectivity index (χ0n) is 7.97. The Labute approximate surface area is 103 Å². The molecular formula is C10H8Cl2O3S. The highest BCUT2D eigenvalue weighted by Crippen LogP contribution is 2.21. The molecule has 3 nitrogen and oxygen atoms in total. The molecule has 0 bridgehead atoms. The van der Waals surface area contributed by atoms with Crippen LogP contribution in [-0.4, -0.2) is 13.0 Å². The van der Waals surface area contributed by atoms with E-state index in [1.165, 1.54) is 5.39 Å². The molecule has 2 rings (SSSR count). The summed E-state index contributed by atoms with van der Waals surface area (Å²) in [6, 6.07) is 14.0. The third kappa shape index (κ3) is 4.81. The van der Waals surface area contributed by atoms with Crippen LogP contribution in [0.15, 0.2) is 42.5 Å². The zero-order chi connectivity index (χ0) is 12.2.